The van der Waals surface area contributed by atoms with E-state index in [0.29, 0.717) is 0 Å². The van der Waals surface area contributed by atoms with Crippen molar-refractivity contribution in [1.29, 1.82) is 0 Å². The summed E-state index contributed by atoms with van der Waals surface area (Å²) in [6, 6.07) is 1.12. The van der Waals surface area contributed by atoms with Crippen molar-refractivity contribution in [2.24, 2.45) is 0 Å². The number of aromatic carboxylic acids is 1. The molecular weight excluding hydrogens is 370 g/mol. The Labute approximate surface area is 130 Å². The topological polar surface area (TPSA) is 94.9 Å². The fraction of sp³-hybridized carbons (Fsp3) is 0.545. The molecule has 1 aromatic rings. The summed E-state index contributed by atoms with van der Waals surface area (Å²) in [5, 5.41) is 18.7. The van der Waals surface area contributed by atoms with Crippen molar-refractivity contribution in [3.8, 4) is 0 Å². The average molecular weight is 386 g/mol. The SMILES string of the molecule is CCN(CC(C)(C)O)S(=O)(=O)c1cc(C(=O)O)sc1Br. The standard InChI is InChI=1S/C11H16BrNO5S2/c1-4-13(6-11(2,3)16)20(17,18)8-5-7(10(14)15)19-9(8)12/h5,16H,4,6H2,1-3H3,(H,14,15). The van der Waals surface area contributed by atoms with E-state index in [2.05, 4.69) is 15.9 Å². The fourth-order valence-electron chi connectivity index (χ4n) is 1.57. The molecule has 1 rings (SSSR count). The largest absolute Gasteiger partial charge is 0.477 e. The highest BCUT2D eigenvalue weighted by Crippen LogP contribution is 2.33. The molecule has 0 unspecified atom stereocenters. The Kier molecular flexibility index (Phi) is 5.36. The molecule has 2 N–H and O–H groups in total. The zero-order valence-electron chi connectivity index (χ0n) is 11.3. The lowest BCUT2D eigenvalue weighted by molar-refractivity contribution is 0.0600. The van der Waals surface area contributed by atoms with Gasteiger partial charge >= 0.3 is 5.97 Å². The van der Waals surface area contributed by atoms with Crippen LogP contribution in [0.1, 0.15) is 30.4 Å². The van der Waals surface area contributed by atoms with Crippen molar-refractivity contribution >= 4 is 43.3 Å². The predicted molar refractivity (Wildman–Crippen MR) is 79.7 cm³/mol. The number of rotatable bonds is 6. The van der Waals surface area contributed by atoms with E-state index < -0.39 is 21.6 Å². The second-order valence-electron chi connectivity index (χ2n) is 4.80. The van der Waals surface area contributed by atoms with Crippen LogP contribution in [0.25, 0.3) is 0 Å². The number of aliphatic hydroxyl groups is 1. The van der Waals surface area contributed by atoms with Crippen molar-refractivity contribution in [2.75, 3.05) is 13.1 Å². The van der Waals surface area contributed by atoms with Gasteiger partial charge in [0.2, 0.25) is 10.0 Å². The summed E-state index contributed by atoms with van der Waals surface area (Å²) in [5.74, 6) is -1.18. The van der Waals surface area contributed by atoms with Gasteiger partial charge in [0.25, 0.3) is 0 Å². The number of nitrogens with zero attached hydrogens (tertiary/aromatic N) is 1. The first kappa shape index (κ1) is 17.6. The smallest absolute Gasteiger partial charge is 0.345 e. The van der Waals surface area contributed by atoms with Gasteiger partial charge in [0.15, 0.2) is 0 Å². The lowest BCUT2D eigenvalue weighted by Crippen LogP contribution is -2.42. The number of carboxylic acid groups (broad SMARTS) is 1. The van der Waals surface area contributed by atoms with E-state index >= 15 is 0 Å². The molecule has 0 saturated heterocycles. The average Bonchev–Trinajstić information content (AvgIpc) is 2.67. The number of carboxylic acids is 1. The van der Waals surface area contributed by atoms with Crippen molar-refractivity contribution in [3.05, 3.63) is 14.7 Å². The molecule has 0 aliphatic heterocycles. The van der Waals surface area contributed by atoms with Gasteiger partial charge in [-0.1, -0.05) is 6.92 Å². The highest BCUT2D eigenvalue weighted by Gasteiger charge is 2.31. The van der Waals surface area contributed by atoms with Gasteiger partial charge in [-0.15, -0.1) is 11.3 Å². The monoisotopic (exact) mass is 385 g/mol. The Balaban J connectivity index is 3.24. The number of hydrogen-bond acceptors (Lipinski definition) is 5. The first-order chi connectivity index (χ1) is 8.99. The van der Waals surface area contributed by atoms with E-state index in [1.54, 1.807) is 6.92 Å². The molecule has 0 aliphatic rings. The summed E-state index contributed by atoms with van der Waals surface area (Å²) < 4.78 is 26.3. The molecule has 0 atom stereocenters. The summed E-state index contributed by atoms with van der Waals surface area (Å²) >= 11 is 3.93. The van der Waals surface area contributed by atoms with Gasteiger partial charge in [-0.2, -0.15) is 4.31 Å². The van der Waals surface area contributed by atoms with E-state index in [9.17, 15) is 18.3 Å². The lowest BCUT2D eigenvalue weighted by atomic mass is 10.1. The third-order valence-corrected chi connectivity index (χ3v) is 6.56. The quantitative estimate of drug-likeness (QED) is 0.780. The van der Waals surface area contributed by atoms with E-state index in [1.807, 2.05) is 0 Å². The van der Waals surface area contributed by atoms with Crippen LogP contribution in [-0.2, 0) is 10.0 Å². The van der Waals surface area contributed by atoms with Crippen molar-refractivity contribution < 1.29 is 23.4 Å². The van der Waals surface area contributed by atoms with E-state index in [1.165, 1.54) is 13.8 Å². The molecule has 0 saturated carbocycles. The molecule has 0 spiro atoms. The van der Waals surface area contributed by atoms with Gasteiger partial charge in [-0.25, -0.2) is 13.2 Å². The first-order valence-corrected chi connectivity index (χ1v) is 8.79. The van der Waals surface area contributed by atoms with Crippen LogP contribution in [0.3, 0.4) is 0 Å². The fourth-order valence-corrected chi connectivity index (χ4v) is 5.53. The molecule has 0 aliphatic carbocycles. The maximum Gasteiger partial charge on any atom is 0.345 e. The van der Waals surface area contributed by atoms with Gasteiger partial charge < -0.3 is 10.2 Å². The second-order valence-corrected chi connectivity index (χ2v) is 9.07. The zero-order valence-corrected chi connectivity index (χ0v) is 14.5. The van der Waals surface area contributed by atoms with Gasteiger partial charge in [-0.3, -0.25) is 0 Å². The summed E-state index contributed by atoms with van der Waals surface area (Å²) in [6.07, 6.45) is 0. The van der Waals surface area contributed by atoms with Crippen molar-refractivity contribution in [3.63, 3.8) is 0 Å². The molecule has 0 bridgehead atoms. The lowest BCUT2D eigenvalue weighted by Gasteiger charge is -2.27. The van der Waals surface area contributed by atoms with Gasteiger partial charge in [0.1, 0.15) is 9.77 Å². The number of sulfonamides is 1. The molecule has 0 radical (unpaired) electrons. The second kappa shape index (κ2) is 6.10. The third-order valence-electron chi connectivity index (χ3n) is 2.40. The van der Waals surface area contributed by atoms with E-state index in [4.69, 9.17) is 5.11 Å². The molecule has 0 fully saturated rings. The summed E-state index contributed by atoms with van der Waals surface area (Å²) in [4.78, 5) is 10.8. The molecule has 0 aromatic carbocycles. The van der Waals surface area contributed by atoms with Crippen LogP contribution in [0.15, 0.2) is 14.7 Å². The van der Waals surface area contributed by atoms with Crippen LogP contribution in [0, 0.1) is 0 Å². The van der Waals surface area contributed by atoms with Crippen molar-refractivity contribution in [1.82, 2.24) is 4.31 Å². The molecule has 9 heteroatoms. The van der Waals surface area contributed by atoms with Crippen LogP contribution in [0.4, 0.5) is 0 Å². The minimum Gasteiger partial charge on any atom is -0.477 e. The van der Waals surface area contributed by atoms with Crippen LogP contribution in [0.2, 0.25) is 0 Å². The van der Waals surface area contributed by atoms with Crippen molar-refractivity contribution in [2.45, 2.75) is 31.3 Å². The highest BCUT2D eigenvalue weighted by atomic mass is 79.9. The van der Waals surface area contributed by atoms with E-state index in [-0.39, 0.29) is 26.6 Å². The molecule has 6 nitrogen and oxygen atoms in total. The minimum absolute atomic E-state index is 0.0604. The number of likely N-dealkylation sites (N-methyl/N-ethyl adjacent to an activating group) is 1. The van der Waals surface area contributed by atoms with Gasteiger partial charge in [-0.05, 0) is 35.8 Å². The molecule has 114 valence electrons. The zero-order chi connectivity index (χ0) is 15.7. The number of halogens is 1. The normalized spacial score (nSPS) is 12.9. The predicted octanol–water partition coefficient (Wildman–Crippen LogP) is 1.99. The molecule has 0 amide bonds. The number of carbonyl (C=O) groups is 1. The molecule has 1 heterocycles. The Morgan fingerprint density at radius 2 is 2.05 bits per heavy atom. The Hall–Kier alpha value is -0.480. The van der Waals surface area contributed by atoms with E-state index in [0.717, 1.165) is 21.7 Å². The third kappa shape index (κ3) is 4.01. The molecule has 1 aromatic heterocycles. The van der Waals surface area contributed by atoms with Crippen LogP contribution >= 0.6 is 27.3 Å². The summed E-state index contributed by atoms with van der Waals surface area (Å²) in [5.41, 5.74) is -1.18. The number of thiophene rings is 1. The van der Waals surface area contributed by atoms with Crippen LogP contribution in [0.5, 0.6) is 0 Å². The summed E-state index contributed by atoms with van der Waals surface area (Å²) in [7, 11) is -3.85. The summed E-state index contributed by atoms with van der Waals surface area (Å²) in [6.45, 7) is 4.78. The van der Waals surface area contributed by atoms with Gasteiger partial charge in [0, 0.05) is 13.1 Å². The maximum atomic E-state index is 12.5. The molecule has 20 heavy (non-hydrogen) atoms. The minimum atomic E-state index is -3.85. The Morgan fingerprint density at radius 1 is 1.50 bits per heavy atom. The van der Waals surface area contributed by atoms with Gasteiger partial charge in [0.05, 0.1) is 9.39 Å². The Morgan fingerprint density at radius 3 is 2.40 bits per heavy atom. The Bertz CT molecular complexity index is 603. The maximum absolute atomic E-state index is 12.5. The number of hydrogen-bond donors (Lipinski definition) is 2. The van der Waals surface area contributed by atoms with Crippen LogP contribution < -0.4 is 0 Å². The highest BCUT2D eigenvalue weighted by molar-refractivity contribution is 9.11. The van der Waals surface area contributed by atoms with Crippen LogP contribution in [-0.4, -0.2) is 47.6 Å². The first-order valence-electron chi connectivity index (χ1n) is 5.74. The molecular formula is C11H16BrNO5S2.